The van der Waals surface area contributed by atoms with Gasteiger partial charge in [-0.2, -0.15) is 0 Å². The molecule has 19 heavy (non-hydrogen) atoms. The van der Waals surface area contributed by atoms with Crippen molar-refractivity contribution in [2.75, 3.05) is 6.26 Å². The monoisotopic (exact) mass is 290 g/mol. The molecule has 1 aromatic heterocycles. The first-order chi connectivity index (χ1) is 9.10. The minimum Gasteiger partial charge on any atom is -0.438 e. The maximum Gasteiger partial charge on any atom is 0.220 e. The highest BCUT2D eigenvalue weighted by atomic mass is 32.2. The zero-order valence-corrected chi connectivity index (χ0v) is 12.3. The van der Waals surface area contributed by atoms with Gasteiger partial charge < -0.3 is 10.5 Å². The van der Waals surface area contributed by atoms with Crippen molar-refractivity contribution in [2.45, 2.75) is 11.8 Å². The molecular weight excluding hydrogens is 276 g/mol. The molecule has 0 saturated carbocycles. The molecule has 0 bridgehead atoms. The van der Waals surface area contributed by atoms with Crippen LogP contribution in [0, 0.1) is 6.92 Å². The van der Waals surface area contributed by atoms with Crippen LogP contribution in [0.2, 0.25) is 0 Å². The van der Waals surface area contributed by atoms with Crippen LogP contribution in [-0.4, -0.2) is 16.2 Å². The molecular formula is C14H14N2OS2. The van der Waals surface area contributed by atoms with Crippen molar-refractivity contribution in [1.29, 1.82) is 0 Å². The Morgan fingerprint density at radius 1 is 1.32 bits per heavy atom. The van der Waals surface area contributed by atoms with Crippen molar-refractivity contribution >= 4 is 29.0 Å². The zero-order valence-electron chi connectivity index (χ0n) is 10.7. The van der Waals surface area contributed by atoms with Crippen LogP contribution in [0.25, 0.3) is 0 Å². The lowest BCUT2D eigenvalue weighted by molar-refractivity contribution is 0.451. The molecule has 0 aliphatic heterocycles. The van der Waals surface area contributed by atoms with Gasteiger partial charge in [0.25, 0.3) is 0 Å². The van der Waals surface area contributed by atoms with Gasteiger partial charge in [0, 0.05) is 22.2 Å². The van der Waals surface area contributed by atoms with Crippen molar-refractivity contribution in [3.05, 3.63) is 47.7 Å². The molecule has 0 spiro atoms. The molecule has 0 unspecified atom stereocenters. The first-order valence-electron chi connectivity index (χ1n) is 5.69. The summed E-state index contributed by atoms with van der Waals surface area (Å²) in [6, 6.07) is 11.4. The van der Waals surface area contributed by atoms with Crippen molar-refractivity contribution in [2.24, 2.45) is 5.73 Å². The summed E-state index contributed by atoms with van der Waals surface area (Å²) < 4.78 is 5.82. The van der Waals surface area contributed by atoms with Crippen molar-refractivity contribution < 1.29 is 4.74 Å². The highest BCUT2D eigenvalue weighted by molar-refractivity contribution is 7.98. The number of rotatable bonds is 4. The average Bonchev–Trinajstić information content (AvgIpc) is 2.38. The number of nitrogens with zero attached hydrogens (tertiary/aromatic N) is 1. The Bertz CT molecular complexity index is 614. The molecule has 2 rings (SSSR count). The molecule has 1 heterocycles. The minimum absolute atomic E-state index is 0.341. The standard InChI is InChI=1S/C14H14N2OS2/c1-9-7-10(14(15)18)8-13(16-9)17-11-5-3-4-6-12(11)19-2/h3-8H,1-2H3,(H2,15,18). The zero-order chi connectivity index (χ0) is 13.8. The van der Waals surface area contributed by atoms with Gasteiger partial charge >= 0.3 is 0 Å². The highest BCUT2D eigenvalue weighted by Crippen LogP contribution is 2.30. The van der Waals surface area contributed by atoms with E-state index in [1.807, 2.05) is 43.5 Å². The molecule has 0 saturated heterocycles. The van der Waals surface area contributed by atoms with Gasteiger partial charge in [0.1, 0.15) is 10.7 Å². The molecule has 0 aliphatic carbocycles. The molecule has 3 nitrogen and oxygen atoms in total. The second-order valence-corrected chi connectivity index (χ2v) is 5.24. The van der Waals surface area contributed by atoms with E-state index in [-0.39, 0.29) is 0 Å². The number of hydrogen-bond donors (Lipinski definition) is 1. The summed E-state index contributed by atoms with van der Waals surface area (Å²) >= 11 is 6.61. The third-order valence-electron chi connectivity index (χ3n) is 2.50. The normalized spacial score (nSPS) is 10.2. The van der Waals surface area contributed by atoms with E-state index in [0.29, 0.717) is 10.9 Å². The van der Waals surface area contributed by atoms with Crippen LogP contribution in [0.15, 0.2) is 41.3 Å². The van der Waals surface area contributed by atoms with E-state index in [0.717, 1.165) is 21.9 Å². The number of aryl methyl sites for hydroxylation is 1. The summed E-state index contributed by atoms with van der Waals surface area (Å²) in [7, 11) is 0. The Morgan fingerprint density at radius 3 is 2.74 bits per heavy atom. The lowest BCUT2D eigenvalue weighted by Gasteiger charge is -2.10. The fourth-order valence-electron chi connectivity index (χ4n) is 1.65. The first kappa shape index (κ1) is 13.8. The van der Waals surface area contributed by atoms with Crippen molar-refractivity contribution in [1.82, 2.24) is 4.98 Å². The van der Waals surface area contributed by atoms with E-state index < -0.39 is 0 Å². The Hall–Kier alpha value is -1.59. The fraction of sp³-hybridized carbons (Fsp3) is 0.143. The van der Waals surface area contributed by atoms with Crippen LogP contribution in [0.1, 0.15) is 11.3 Å². The number of thioether (sulfide) groups is 1. The van der Waals surface area contributed by atoms with E-state index in [4.69, 9.17) is 22.7 Å². The molecule has 5 heteroatoms. The number of benzene rings is 1. The van der Waals surface area contributed by atoms with Crippen LogP contribution in [-0.2, 0) is 0 Å². The van der Waals surface area contributed by atoms with Gasteiger partial charge in [-0.15, -0.1) is 11.8 Å². The predicted octanol–water partition coefficient (Wildman–Crippen LogP) is 3.54. The van der Waals surface area contributed by atoms with Crippen LogP contribution in [0.3, 0.4) is 0 Å². The van der Waals surface area contributed by atoms with Crippen molar-refractivity contribution in [3.8, 4) is 11.6 Å². The molecule has 0 radical (unpaired) electrons. The van der Waals surface area contributed by atoms with Gasteiger partial charge in [0.15, 0.2) is 0 Å². The number of para-hydroxylation sites is 1. The minimum atomic E-state index is 0.341. The molecule has 0 atom stereocenters. The highest BCUT2D eigenvalue weighted by Gasteiger charge is 2.07. The number of thiocarbonyl (C=S) groups is 1. The Kier molecular flexibility index (Phi) is 4.39. The number of pyridine rings is 1. The molecule has 2 aromatic rings. The van der Waals surface area contributed by atoms with Gasteiger partial charge in [-0.25, -0.2) is 4.98 Å². The summed E-state index contributed by atoms with van der Waals surface area (Å²) in [4.78, 5) is 5.74. The van der Waals surface area contributed by atoms with Gasteiger partial charge in [0.05, 0.1) is 0 Å². The van der Waals surface area contributed by atoms with Gasteiger partial charge in [0.2, 0.25) is 5.88 Å². The number of hydrogen-bond acceptors (Lipinski definition) is 4. The Balaban J connectivity index is 2.35. The van der Waals surface area contributed by atoms with Gasteiger partial charge in [-0.3, -0.25) is 0 Å². The van der Waals surface area contributed by atoms with Crippen LogP contribution >= 0.6 is 24.0 Å². The third-order valence-corrected chi connectivity index (χ3v) is 3.51. The molecule has 0 fully saturated rings. The molecule has 0 amide bonds. The average molecular weight is 290 g/mol. The van der Waals surface area contributed by atoms with E-state index in [1.54, 1.807) is 17.8 Å². The molecule has 2 N–H and O–H groups in total. The lowest BCUT2D eigenvalue weighted by Crippen LogP contribution is -2.10. The summed E-state index contributed by atoms with van der Waals surface area (Å²) in [5, 5.41) is 0. The summed E-state index contributed by atoms with van der Waals surface area (Å²) in [5.74, 6) is 1.28. The number of nitrogens with two attached hydrogens (primary N) is 1. The van der Waals surface area contributed by atoms with Crippen LogP contribution < -0.4 is 10.5 Å². The number of ether oxygens (including phenoxy) is 1. The lowest BCUT2D eigenvalue weighted by atomic mass is 10.2. The smallest absolute Gasteiger partial charge is 0.220 e. The third kappa shape index (κ3) is 3.45. The van der Waals surface area contributed by atoms with E-state index in [9.17, 15) is 0 Å². The van der Waals surface area contributed by atoms with Crippen LogP contribution in [0.4, 0.5) is 0 Å². The maximum atomic E-state index is 5.82. The molecule has 0 aliphatic rings. The topological polar surface area (TPSA) is 48.1 Å². The second-order valence-electron chi connectivity index (χ2n) is 3.95. The summed E-state index contributed by atoms with van der Waals surface area (Å²) in [6.07, 6.45) is 2.01. The van der Waals surface area contributed by atoms with E-state index in [1.165, 1.54) is 0 Å². The SMILES string of the molecule is CSc1ccccc1Oc1cc(C(N)=S)cc(C)n1. The summed E-state index contributed by atoms with van der Waals surface area (Å²) in [5.41, 5.74) is 7.23. The van der Waals surface area contributed by atoms with E-state index >= 15 is 0 Å². The Morgan fingerprint density at radius 2 is 2.05 bits per heavy atom. The van der Waals surface area contributed by atoms with Crippen molar-refractivity contribution in [3.63, 3.8) is 0 Å². The maximum absolute atomic E-state index is 5.82. The largest absolute Gasteiger partial charge is 0.438 e. The molecule has 98 valence electrons. The number of aromatic nitrogens is 1. The quantitative estimate of drug-likeness (QED) is 0.689. The summed E-state index contributed by atoms with van der Waals surface area (Å²) in [6.45, 7) is 1.88. The van der Waals surface area contributed by atoms with Crippen LogP contribution in [0.5, 0.6) is 11.6 Å². The predicted molar refractivity (Wildman–Crippen MR) is 83.2 cm³/mol. The van der Waals surface area contributed by atoms with E-state index in [2.05, 4.69) is 4.98 Å². The Labute approximate surface area is 122 Å². The van der Waals surface area contributed by atoms with Gasteiger partial charge in [-0.1, -0.05) is 24.4 Å². The molecule has 1 aromatic carbocycles. The van der Waals surface area contributed by atoms with Gasteiger partial charge in [-0.05, 0) is 31.4 Å². The second kappa shape index (κ2) is 6.04. The fourth-order valence-corrected chi connectivity index (χ4v) is 2.29. The first-order valence-corrected chi connectivity index (χ1v) is 7.33.